The number of rotatable bonds is 7. The number of hydrogen-bond acceptors (Lipinski definition) is 7. The van der Waals surface area contributed by atoms with E-state index in [-0.39, 0.29) is 16.5 Å². The fraction of sp³-hybridized carbons (Fsp3) is 0. The Morgan fingerprint density at radius 1 is 0.800 bits per heavy atom. The topological polar surface area (TPSA) is 84.2 Å². The van der Waals surface area contributed by atoms with Crippen LogP contribution in [0.25, 0.3) is 0 Å². The van der Waals surface area contributed by atoms with Gasteiger partial charge in [-0.2, -0.15) is 0 Å². The second-order valence-electron chi connectivity index (χ2n) is 6.17. The molecule has 0 amide bonds. The number of nitrogens with one attached hydrogen (secondary N) is 1. The van der Waals surface area contributed by atoms with E-state index >= 15 is 0 Å². The van der Waals surface area contributed by atoms with Gasteiger partial charge in [-0.3, -0.25) is 20.5 Å². The van der Waals surface area contributed by atoms with Gasteiger partial charge in [0.1, 0.15) is 6.33 Å². The van der Waals surface area contributed by atoms with Crippen LogP contribution in [0.1, 0.15) is 0 Å². The molecule has 0 saturated heterocycles. The highest BCUT2D eigenvalue weighted by Crippen LogP contribution is 2.37. The van der Waals surface area contributed by atoms with Crippen LogP contribution in [0.15, 0.2) is 107 Å². The van der Waals surface area contributed by atoms with Crippen molar-refractivity contribution in [1.29, 1.82) is 0 Å². The molecule has 8 heteroatoms. The molecule has 0 aliphatic rings. The molecule has 0 fully saturated rings. The molecule has 0 spiro atoms. The number of aromatic nitrogens is 2. The molecule has 0 unspecified atom stereocenters. The Balaban J connectivity index is 1.75. The van der Waals surface area contributed by atoms with Gasteiger partial charge in [0.25, 0.3) is 0 Å². The van der Waals surface area contributed by atoms with E-state index in [4.69, 9.17) is 0 Å². The summed E-state index contributed by atoms with van der Waals surface area (Å²) in [6, 6.07) is 28.5. The highest BCUT2D eigenvalue weighted by atomic mass is 32.2. The van der Waals surface area contributed by atoms with Gasteiger partial charge in [-0.1, -0.05) is 66.4 Å². The van der Waals surface area contributed by atoms with Gasteiger partial charge in [-0.15, -0.1) is 0 Å². The molecule has 30 heavy (non-hydrogen) atoms. The van der Waals surface area contributed by atoms with E-state index in [9.17, 15) is 10.1 Å². The first-order chi connectivity index (χ1) is 14.7. The van der Waals surface area contributed by atoms with E-state index < -0.39 is 4.92 Å². The lowest BCUT2D eigenvalue weighted by Gasteiger charge is -2.25. The van der Waals surface area contributed by atoms with Gasteiger partial charge in [0, 0.05) is 4.90 Å². The molecule has 4 aromatic rings. The van der Waals surface area contributed by atoms with Gasteiger partial charge in [0.15, 0.2) is 5.03 Å². The minimum absolute atomic E-state index is 0.112. The Kier molecular flexibility index (Phi) is 5.86. The highest BCUT2D eigenvalue weighted by molar-refractivity contribution is 7.99. The highest BCUT2D eigenvalue weighted by Gasteiger charge is 2.25. The molecular weight excluding hydrogens is 398 g/mol. The summed E-state index contributed by atoms with van der Waals surface area (Å²) in [5.41, 5.74) is 4.56. The van der Waals surface area contributed by atoms with Crippen LogP contribution in [-0.4, -0.2) is 14.9 Å². The molecule has 7 nitrogen and oxygen atoms in total. The third-order valence-electron chi connectivity index (χ3n) is 4.18. The molecule has 0 radical (unpaired) electrons. The molecule has 0 aliphatic heterocycles. The van der Waals surface area contributed by atoms with Crippen molar-refractivity contribution in [1.82, 2.24) is 9.97 Å². The maximum Gasteiger partial charge on any atom is 0.345 e. The average Bonchev–Trinajstić information content (AvgIpc) is 2.79. The Labute approximate surface area is 177 Å². The Bertz CT molecular complexity index is 1090. The van der Waals surface area contributed by atoms with Crippen LogP contribution < -0.4 is 10.4 Å². The van der Waals surface area contributed by atoms with Gasteiger partial charge in [0.05, 0.1) is 16.3 Å². The molecule has 3 aromatic carbocycles. The summed E-state index contributed by atoms with van der Waals surface area (Å²) in [6.45, 7) is 0. The van der Waals surface area contributed by atoms with E-state index in [0.29, 0.717) is 0 Å². The summed E-state index contributed by atoms with van der Waals surface area (Å²) >= 11 is 1.22. The molecule has 4 rings (SSSR count). The van der Waals surface area contributed by atoms with Crippen LogP contribution >= 0.6 is 11.8 Å². The number of hydrogen-bond donors (Lipinski definition) is 1. The molecule has 1 aromatic heterocycles. The largest absolute Gasteiger partial charge is 0.345 e. The molecule has 0 aliphatic carbocycles. The summed E-state index contributed by atoms with van der Waals surface area (Å²) in [5, 5.41) is 14.0. The van der Waals surface area contributed by atoms with Crippen LogP contribution in [0.4, 0.5) is 22.9 Å². The predicted octanol–water partition coefficient (Wildman–Crippen LogP) is 5.70. The number of hydrazine groups is 1. The summed E-state index contributed by atoms with van der Waals surface area (Å²) in [5.74, 6) is 0.112. The standard InChI is InChI=1S/C22H17N5O2S/c28-27(29)20-21(23-16-24-22(20)30-19-14-8-3-9-15-19)25-26(17-10-4-1-5-11-17)18-12-6-2-7-13-18/h1-16H,(H,23,24,25). The van der Waals surface area contributed by atoms with Crippen molar-refractivity contribution in [3.63, 3.8) is 0 Å². The molecule has 0 saturated carbocycles. The Hall–Kier alpha value is -3.91. The fourth-order valence-corrected chi connectivity index (χ4v) is 3.71. The molecule has 1 N–H and O–H groups in total. The maximum absolute atomic E-state index is 11.9. The summed E-state index contributed by atoms with van der Waals surface area (Å²) in [6.07, 6.45) is 1.33. The minimum Gasteiger partial charge on any atom is -0.271 e. The van der Waals surface area contributed by atoms with Crippen LogP contribution in [-0.2, 0) is 0 Å². The second-order valence-corrected chi connectivity index (χ2v) is 7.23. The van der Waals surface area contributed by atoms with E-state index in [1.165, 1.54) is 18.1 Å². The average molecular weight is 415 g/mol. The first-order valence-corrected chi connectivity index (χ1v) is 9.93. The quantitative estimate of drug-likeness (QED) is 0.235. The zero-order valence-corrected chi connectivity index (χ0v) is 16.6. The van der Waals surface area contributed by atoms with E-state index in [1.807, 2.05) is 91.0 Å². The smallest absolute Gasteiger partial charge is 0.271 e. The van der Waals surface area contributed by atoms with Crippen LogP contribution in [0.2, 0.25) is 0 Å². The SMILES string of the molecule is O=[N+]([O-])c1c(NN(c2ccccc2)c2ccccc2)ncnc1Sc1ccccc1. The zero-order valence-electron chi connectivity index (χ0n) is 15.8. The second kappa shape index (κ2) is 9.06. The first kappa shape index (κ1) is 19.4. The van der Waals surface area contributed by atoms with E-state index in [0.717, 1.165) is 16.3 Å². The number of benzene rings is 3. The van der Waals surface area contributed by atoms with Crippen LogP contribution in [0.3, 0.4) is 0 Å². The van der Waals surface area contributed by atoms with E-state index in [1.54, 1.807) is 5.01 Å². The molecule has 0 bridgehead atoms. The van der Waals surface area contributed by atoms with Crippen molar-refractivity contribution < 1.29 is 4.92 Å². The van der Waals surface area contributed by atoms with Crippen molar-refractivity contribution in [2.45, 2.75) is 9.92 Å². The van der Waals surface area contributed by atoms with E-state index in [2.05, 4.69) is 15.4 Å². The lowest BCUT2D eigenvalue weighted by atomic mass is 10.2. The normalized spacial score (nSPS) is 10.4. The number of para-hydroxylation sites is 2. The van der Waals surface area contributed by atoms with Crippen LogP contribution in [0, 0.1) is 10.1 Å². The molecule has 0 atom stereocenters. The van der Waals surface area contributed by atoms with Crippen molar-refractivity contribution in [2.24, 2.45) is 0 Å². The zero-order chi connectivity index (χ0) is 20.8. The van der Waals surface area contributed by atoms with Crippen molar-refractivity contribution >= 4 is 34.6 Å². The summed E-state index contributed by atoms with van der Waals surface area (Å²) < 4.78 is 0. The van der Waals surface area contributed by atoms with Gasteiger partial charge in [-0.25, -0.2) is 9.97 Å². The Morgan fingerprint density at radius 2 is 1.33 bits per heavy atom. The third kappa shape index (κ3) is 4.39. The molecule has 148 valence electrons. The summed E-state index contributed by atoms with van der Waals surface area (Å²) in [4.78, 5) is 20.7. The van der Waals surface area contributed by atoms with Gasteiger partial charge in [0.2, 0.25) is 5.82 Å². The Morgan fingerprint density at radius 3 is 1.87 bits per heavy atom. The monoisotopic (exact) mass is 415 g/mol. The number of nitro groups is 1. The number of nitrogens with zero attached hydrogens (tertiary/aromatic N) is 4. The molecule has 1 heterocycles. The minimum atomic E-state index is -0.457. The summed E-state index contributed by atoms with van der Waals surface area (Å²) in [7, 11) is 0. The van der Waals surface area contributed by atoms with Gasteiger partial charge in [-0.05, 0) is 36.4 Å². The lowest BCUT2D eigenvalue weighted by molar-refractivity contribution is -0.387. The van der Waals surface area contributed by atoms with Crippen LogP contribution in [0.5, 0.6) is 0 Å². The van der Waals surface area contributed by atoms with Crippen molar-refractivity contribution in [2.75, 3.05) is 10.4 Å². The fourth-order valence-electron chi connectivity index (χ4n) is 2.82. The predicted molar refractivity (Wildman–Crippen MR) is 118 cm³/mol. The number of anilines is 3. The first-order valence-electron chi connectivity index (χ1n) is 9.11. The lowest BCUT2D eigenvalue weighted by Crippen LogP contribution is -2.25. The van der Waals surface area contributed by atoms with Gasteiger partial charge >= 0.3 is 5.69 Å². The van der Waals surface area contributed by atoms with Crippen molar-refractivity contribution in [3.05, 3.63) is 107 Å². The maximum atomic E-state index is 11.9. The van der Waals surface area contributed by atoms with Crippen molar-refractivity contribution in [3.8, 4) is 0 Å². The molecular formula is C22H17N5O2S. The third-order valence-corrected chi connectivity index (χ3v) is 5.18. The van der Waals surface area contributed by atoms with Gasteiger partial charge < -0.3 is 0 Å².